The normalized spacial score (nSPS) is 18.8. The van der Waals surface area contributed by atoms with E-state index in [1.807, 2.05) is 34.1 Å². The Balaban J connectivity index is 1.39. The molecule has 6 heteroatoms. The number of amides is 2. The molecule has 0 radical (unpaired) electrons. The lowest BCUT2D eigenvalue weighted by molar-refractivity contribution is -0.135. The molecule has 0 aromatic heterocycles. The number of piperazine rings is 1. The van der Waals surface area contributed by atoms with E-state index in [-0.39, 0.29) is 11.8 Å². The van der Waals surface area contributed by atoms with Gasteiger partial charge in [-0.1, -0.05) is 29.8 Å². The predicted molar refractivity (Wildman–Crippen MR) is 103 cm³/mol. The summed E-state index contributed by atoms with van der Waals surface area (Å²) in [4.78, 5) is 30.9. The molecule has 0 bridgehead atoms. The molecular formula is C20H28ClN3O2. The molecule has 0 N–H and O–H groups in total. The molecule has 2 heterocycles. The Morgan fingerprint density at radius 2 is 1.50 bits per heavy atom. The number of hydrogen-bond acceptors (Lipinski definition) is 3. The van der Waals surface area contributed by atoms with Gasteiger partial charge in [-0.15, -0.1) is 0 Å². The molecule has 142 valence electrons. The number of hydrogen-bond donors (Lipinski definition) is 0. The summed E-state index contributed by atoms with van der Waals surface area (Å²) in [5, 5.41) is 0.723. The molecule has 5 nitrogen and oxygen atoms in total. The van der Waals surface area contributed by atoms with Gasteiger partial charge in [-0.2, -0.15) is 0 Å². The first-order chi connectivity index (χ1) is 12.6. The first-order valence-corrected chi connectivity index (χ1v) is 10.0. The topological polar surface area (TPSA) is 43.9 Å². The van der Waals surface area contributed by atoms with E-state index in [2.05, 4.69) is 4.90 Å². The zero-order chi connectivity index (χ0) is 18.4. The summed E-state index contributed by atoms with van der Waals surface area (Å²) in [5.41, 5.74) is 1.02. The number of likely N-dealkylation sites (tertiary alicyclic amines) is 1. The van der Waals surface area contributed by atoms with Gasteiger partial charge in [0, 0.05) is 50.7 Å². The fourth-order valence-corrected chi connectivity index (χ4v) is 3.92. The number of aryl methyl sites for hydroxylation is 1. The Morgan fingerprint density at radius 1 is 0.846 bits per heavy atom. The van der Waals surface area contributed by atoms with Crippen molar-refractivity contribution in [2.24, 2.45) is 0 Å². The van der Waals surface area contributed by atoms with Crippen LogP contribution >= 0.6 is 11.6 Å². The maximum absolute atomic E-state index is 12.4. The van der Waals surface area contributed by atoms with Gasteiger partial charge in [-0.05, 0) is 37.3 Å². The minimum absolute atomic E-state index is 0.173. The summed E-state index contributed by atoms with van der Waals surface area (Å²) < 4.78 is 0. The van der Waals surface area contributed by atoms with Crippen molar-refractivity contribution in [1.82, 2.24) is 14.7 Å². The smallest absolute Gasteiger partial charge is 0.236 e. The van der Waals surface area contributed by atoms with Gasteiger partial charge in [0.05, 0.1) is 6.54 Å². The highest BCUT2D eigenvalue weighted by Gasteiger charge is 2.24. The minimum atomic E-state index is 0.173. The quantitative estimate of drug-likeness (QED) is 0.791. The van der Waals surface area contributed by atoms with Crippen molar-refractivity contribution in [2.45, 2.75) is 32.1 Å². The Morgan fingerprint density at radius 3 is 2.19 bits per heavy atom. The van der Waals surface area contributed by atoms with Gasteiger partial charge in [0.15, 0.2) is 0 Å². The Bertz CT molecular complexity index is 623. The van der Waals surface area contributed by atoms with Gasteiger partial charge < -0.3 is 9.80 Å². The van der Waals surface area contributed by atoms with Crippen molar-refractivity contribution < 1.29 is 9.59 Å². The van der Waals surface area contributed by atoms with E-state index in [1.165, 1.54) is 6.42 Å². The molecule has 3 rings (SSSR count). The third-order valence-electron chi connectivity index (χ3n) is 5.36. The van der Waals surface area contributed by atoms with Crippen LogP contribution in [0.4, 0.5) is 0 Å². The lowest BCUT2D eigenvalue weighted by Gasteiger charge is -2.36. The molecule has 0 spiro atoms. The van der Waals surface area contributed by atoms with E-state index in [1.54, 1.807) is 0 Å². The predicted octanol–water partition coefficient (Wildman–Crippen LogP) is 2.43. The van der Waals surface area contributed by atoms with Gasteiger partial charge in [0.1, 0.15) is 0 Å². The van der Waals surface area contributed by atoms with Crippen LogP contribution < -0.4 is 0 Å². The average Bonchev–Trinajstić information content (AvgIpc) is 2.68. The van der Waals surface area contributed by atoms with E-state index < -0.39 is 0 Å². The number of nitrogens with zero attached hydrogens (tertiary/aromatic N) is 3. The lowest BCUT2D eigenvalue weighted by atomic mass is 10.1. The molecule has 26 heavy (non-hydrogen) atoms. The Labute approximate surface area is 160 Å². The summed E-state index contributed by atoms with van der Waals surface area (Å²) in [7, 11) is 0. The Hall–Kier alpha value is -1.59. The minimum Gasteiger partial charge on any atom is -0.342 e. The lowest BCUT2D eigenvalue weighted by Crippen LogP contribution is -2.52. The zero-order valence-corrected chi connectivity index (χ0v) is 16.1. The first-order valence-electron chi connectivity index (χ1n) is 9.65. The SMILES string of the molecule is O=C(CCc1ccccc1Cl)N1CCN(CC(=O)N2CCCCC2)CC1. The van der Waals surface area contributed by atoms with Crippen molar-refractivity contribution in [3.8, 4) is 0 Å². The second-order valence-electron chi connectivity index (χ2n) is 7.19. The van der Waals surface area contributed by atoms with Crippen molar-refractivity contribution in [3.05, 3.63) is 34.9 Å². The second-order valence-corrected chi connectivity index (χ2v) is 7.60. The van der Waals surface area contributed by atoms with Crippen molar-refractivity contribution in [2.75, 3.05) is 45.8 Å². The molecule has 2 saturated heterocycles. The fourth-order valence-electron chi connectivity index (χ4n) is 3.69. The summed E-state index contributed by atoms with van der Waals surface area (Å²) in [5.74, 6) is 0.412. The number of halogens is 1. The van der Waals surface area contributed by atoms with Crippen LogP contribution in [0.5, 0.6) is 0 Å². The standard InChI is InChI=1S/C20H28ClN3O2/c21-18-7-3-2-6-17(18)8-9-19(25)24-14-12-22(13-15-24)16-20(26)23-10-4-1-5-11-23/h2-3,6-7H,1,4-5,8-16H2. The maximum atomic E-state index is 12.4. The number of piperidine rings is 1. The van der Waals surface area contributed by atoms with Gasteiger partial charge >= 0.3 is 0 Å². The van der Waals surface area contributed by atoms with E-state index >= 15 is 0 Å². The van der Waals surface area contributed by atoms with Crippen LogP contribution in [0.25, 0.3) is 0 Å². The van der Waals surface area contributed by atoms with Crippen molar-refractivity contribution in [3.63, 3.8) is 0 Å². The highest BCUT2D eigenvalue weighted by atomic mass is 35.5. The largest absolute Gasteiger partial charge is 0.342 e. The molecule has 0 saturated carbocycles. The molecule has 2 amide bonds. The van der Waals surface area contributed by atoms with Crippen molar-refractivity contribution >= 4 is 23.4 Å². The van der Waals surface area contributed by atoms with E-state index in [0.717, 1.165) is 49.6 Å². The summed E-state index contributed by atoms with van der Waals surface area (Å²) in [6.45, 7) is 5.25. The van der Waals surface area contributed by atoms with Crippen LogP contribution in [0.2, 0.25) is 5.02 Å². The molecule has 1 aromatic rings. The van der Waals surface area contributed by atoms with E-state index in [4.69, 9.17) is 11.6 Å². The van der Waals surface area contributed by atoms with Gasteiger partial charge in [-0.3, -0.25) is 14.5 Å². The highest BCUT2D eigenvalue weighted by molar-refractivity contribution is 6.31. The molecular weight excluding hydrogens is 350 g/mol. The van der Waals surface area contributed by atoms with Crippen molar-refractivity contribution in [1.29, 1.82) is 0 Å². The summed E-state index contributed by atoms with van der Waals surface area (Å²) in [6.07, 6.45) is 4.64. The molecule has 2 fully saturated rings. The molecule has 0 aliphatic carbocycles. The molecule has 1 aromatic carbocycles. The monoisotopic (exact) mass is 377 g/mol. The second kappa shape index (κ2) is 9.38. The number of benzene rings is 1. The molecule has 2 aliphatic rings. The van der Waals surface area contributed by atoms with Gasteiger partial charge in [0.25, 0.3) is 0 Å². The fraction of sp³-hybridized carbons (Fsp3) is 0.600. The van der Waals surface area contributed by atoms with Crippen LogP contribution in [0.15, 0.2) is 24.3 Å². The van der Waals surface area contributed by atoms with Gasteiger partial charge in [-0.25, -0.2) is 0 Å². The number of carbonyl (C=O) groups is 2. The first kappa shape index (κ1) is 19.2. The highest BCUT2D eigenvalue weighted by Crippen LogP contribution is 2.17. The summed E-state index contributed by atoms with van der Waals surface area (Å²) >= 11 is 6.16. The van der Waals surface area contributed by atoms with Crippen LogP contribution in [0.1, 0.15) is 31.2 Å². The van der Waals surface area contributed by atoms with Gasteiger partial charge in [0.2, 0.25) is 11.8 Å². The van der Waals surface area contributed by atoms with Crippen LogP contribution in [-0.2, 0) is 16.0 Å². The Kier molecular flexibility index (Phi) is 6.92. The maximum Gasteiger partial charge on any atom is 0.236 e. The number of rotatable bonds is 5. The molecule has 2 aliphatic heterocycles. The van der Waals surface area contributed by atoms with Crippen LogP contribution in [0, 0.1) is 0 Å². The third kappa shape index (κ3) is 5.21. The summed E-state index contributed by atoms with van der Waals surface area (Å²) in [6, 6.07) is 7.68. The molecule has 0 atom stereocenters. The van der Waals surface area contributed by atoms with E-state index in [9.17, 15) is 9.59 Å². The third-order valence-corrected chi connectivity index (χ3v) is 5.73. The number of carbonyl (C=O) groups excluding carboxylic acids is 2. The molecule has 0 unspecified atom stereocenters. The van der Waals surface area contributed by atoms with E-state index in [0.29, 0.717) is 32.5 Å². The van der Waals surface area contributed by atoms with Crippen LogP contribution in [0.3, 0.4) is 0 Å². The van der Waals surface area contributed by atoms with Crippen LogP contribution in [-0.4, -0.2) is 72.3 Å². The average molecular weight is 378 g/mol. The zero-order valence-electron chi connectivity index (χ0n) is 15.3.